The first-order valence-electron chi connectivity index (χ1n) is 8.89. The molecule has 3 heterocycles. The van der Waals surface area contributed by atoms with E-state index < -0.39 is 11.7 Å². The van der Waals surface area contributed by atoms with Gasteiger partial charge in [0.2, 0.25) is 0 Å². The van der Waals surface area contributed by atoms with E-state index in [1.165, 1.54) is 0 Å². The molecule has 6 nitrogen and oxygen atoms in total. The lowest BCUT2D eigenvalue weighted by Crippen LogP contribution is -2.22. The Labute approximate surface area is 171 Å². The van der Waals surface area contributed by atoms with E-state index >= 15 is 0 Å². The molecule has 0 spiro atoms. The quantitative estimate of drug-likeness (QED) is 0.301. The van der Waals surface area contributed by atoms with Crippen molar-refractivity contribution in [2.24, 2.45) is 0 Å². The van der Waals surface area contributed by atoms with Gasteiger partial charge in [0.25, 0.3) is 11.7 Å². The molecule has 4 rings (SSSR count). The van der Waals surface area contributed by atoms with Crippen LogP contribution in [0.25, 0.3) is 10.4 Å². The molecule has 142 valence electrons. The lowest BCUT2D eigenvalue weighted by Gasteiger charge is -2.03. The number of fused-ring (bicyclic) bond motifs is 1. The molecule has 0 aliphatic heterocycles. The molecule has 4 aromatic rings. The molecule has 0 radical (unpaired) electrons. The first-order chi connectivity index (χ1) is 14.0. The normalized spacial score (nSPS) is 10.6. The zero-order valence-corrected chi connectivity index (χ0v) is 16.4. The fraction of sp³-hybridized carbons (Fsp3) is 0.0909. The molecule has 0 aliphatic carbocycles. The van der Waals surface area contributed by atoms with Crippen LogP contribution in [0.15, 0.2) is 60.8 Å². The summed E-state index contributed by atoms with van der Waals surface area (Å²) in [4.78, 5) is 28.7. The molecule has 0 bridgehead atoms. The molecule has 0 saturated heterocycles. The van der Waals surface area contributed by atoms with Gasteiger partial charge in [-0.2, -0.15) is 4.37 Å². The molecule has 29 heavy (non-hydrogen) atoms. The lowest BCUT2D eigenvalue weighted by molar-refractivity contribution is -0.112. The van der Waals surface area contributed by atoms with Gasteiger partial charge in [-0.05, 0) is 48.3 Å². The maximum absolute atomic E-state index is 12.8. The monoisotopic (exact) mass is 400 g/mol. The Kier molecular flexibility index (Phi) is 4.94. The van der Waals surface area contributed by atoms with Crippen molar-refractivity contribution >= 4 is 39.4 Å². The molecule has 0 aliphatic rings. The number of nitrogens with zero attached hydrogens (tertiary/aromatic N) is 3. The van der Waals surface area contributed by atoms with Gasteiger partial charge in [0.15, 0.2) is 5.69 Å². The Bertz CT molecular complexity index is 1260. The third-order valence-electron chi connectivity index (χ3n) is 4.52. The fourth-order valence-corrected chi connectivity index (χ4v) is 3.81. The maximum Gasteiger partial charge on any atom is 0.297 e. The van der Waals surface area contributed by atoms with Gasteiger partial charge in [0.1, 0.15) is 5.00 Å². The van der Waals surface area contributed by atoms with Gasteiger partial charge in [-0.1, -0.05) is 30.3 Å². The number of Topliss-reactive ketones (excluding diaryl/α,β-unsaturated/α-hetero) is 1. The van der Waals surface area contributed by atoms with E-state index in [1.54, 1.807) is 24.3 Å². The van der Waals surface area contributed by atoms with E-state index in [2.05, 4.69) is 14.5 Å². The molecule has 1 aromatic carbocycles. The van der Waals surface area contributed by atoms with Gasteiger partial charge in [-0.25, -0.2) is 4.85 Å². The summed E-state index contributed by atoms with van der Waals surface area (Å²) >= 11 is 1.14. The van der Waals surface area contributed by atoms with Crippen LogP contribution in [0.1, 0.15) is 27.3 Å². The number of aryl methyl sites for hydroxylation is 1. The average Bonchev–Trinajstić information content (AvgIpc) is 3.31. The molecule has 1 amide bonds. The predicted molar refractivity (Wildman–Crippen MR) is 113 cm³/mol. The van der Waals surface area contributed by atoms with E-state index in [1.807, 2.05) is 47.9 Å². The van der Waals surface area contributed by atoms with Crippen LogP contribution in [0.4, 0.5) is 10.7 Å². The van der Waals surface area contributed by atoms with Crippen molar-refractivity contribution in [3.63, 3.8) is 0 Å². The topological polar surface area (TPSA) is 67.8 Å². The highest BCUT2D eigenvalue weighted by Gasteiger charge is 2.22. The van der Waals surface area contributed by atoms with Crippen LogP contribution in [0.5, 0.6) is 0 Å². The average molecular weight is 400 g/mol. The van der Waals surface area contributed by atoms with Crippen LogP contribution in [0.2, 0.25) is 0 Å². The van der Waals surface area contributed by atoms with Crippen molar-refractivity contribution in [1.82, 2.24) is 8.77 Å². The number of carbonyl (C=O) groups excluding carboxylic acids is 2. The van der Waals surface area contributed by atoms with Crippen LogP contribution in [0.3, 0.4) is 0 Å². The number of nitrogens with one attached hydrogen (secondary N) is 1. The minimum atomic E-state index is -0.682. The number of benzene rings is 1. The van der Waals surface area contributed by atoms with Crippen LogP contribution >= 0.6 is 11.5 Å². The van der Waals surface area contributed by atoms with Gasteiger partial charge < -0.3 is 9.72 Å². The molecular weight excluding hydrogens is 384 g/mol. The number of carbonyl (C=O) groups is 2. The summed E-state index contributed by atoms with van der Waals surface area (Å²) in [5, 5.41) is 3.17. The number of amides is 1. The van der Waals surface area contributed by atoms with Crippen molar-refractivity contribution in [2.45, 2.75) is 13.3 Å². The SMILES string of the molecule is [C-]#[N+]c1ccc(Cc2cc(C(=O)C(=O)Nc3cc(C)ns3)c3ccccn23)cc1. The van der Waals surface area contributed by atoms with Crippen LogP contribution in [-0.2, 0) is 11.2 Å². The fourth-order valence-electron chi connectivity index (χ4n) is 3.15. The molecule has 1 N–H and O–H groups in total. The summed E-state index contributed by atoms with van der Waals surface area (Å²) in [7, 11) is 0. The van der Waals surface area contributed by atoms with Crippen molar-refractivity contribution in [3.8, 4) is 0 Å². The molecular formula is C22H16N4O2S. The van der Waals surface area contributed by atoms with Gasteiger partial charge in [-0.3, -0.25) is 9.59 Å². The van der Waals surface area contributed by atoms with Crippen LogP contribution < -0.4 is 5.32 Å². The standard InChI is InChI=1S/C22H16N4O2S/c1-14-11-20(29-25-14)24-22(28)21(27)18-13-17(26-10-4-3-5-19(18)26)12-15-6-8-16(23-2)9-7-15/h3-11,13H,12H2,1H3,(H,24,28). The molecule has 7 heteroatoms. The second-order valence-electron chi connectivity index (χ2n) is 6.58. The second-order valence-corrected chi connectivity index (χ2v) is 7.38. The zero-order valence-electron chi connectivity index (χ0n) is 15.5. The Morgan fingerprint density at radius 3 is 2.66 bits per heavy atom. The summed E-state index contributed by atoms with van der Waals surface area (Å²) in [6, 6.07) is 16.4. The van der Waals surface area contributed by atoms with Gasteiger partial charge in [0.05, 0.1) is 23.3 Å². The number of hydrogen-bond donors (Lipinski definition) is 1. The van der Waals surface area contributed by atoms with Gasteiger partial charge in [-0.15, -0.1) is 0 Å². The summed E-state index contributed by atoms with van der Waals surface area (Å²) in [5.41, 5.74) is 4.32. The Hall–Kier alpha value is -3.76. The lowest BCUT2D eigenvalue weighted by atomic mass is 10.1. The summed E-state index contributed by atoms with van der Waals surface area (Å²) in [6.45, 7) is 8.88. The van der Waals surface area contributed by atoms with Gasteiger partial charge in [0, 0.05) is 18.3 Å². The molecule has 0 fully saturated rings. The van der Waals surface area contributed by atoms with Crippen LogP contribution in [-0.4, -0.2) is 20.5 Å². The number of hydrogen-bond acceptors (Lipinski definition) is 4. The Balaban J connectivity index is 1.65. The number of rotatable bonds is 5. The zero-order chi connectivity index (χ0) is 20.4. The summed E-state index contributed by atoms with van der Waals surface area (Å²) in [6.07, 6.45) is 2.45. The second kappa shape index (κ2) is 7.70. The molecule has 0 saturated carbocycles. The highest BCUT2D eigenvalue weighted by atomic mass is 32.1. The third-order valence-corrected chi connectivity index (χ3v) is 5.32. The first kappa shape index (κ1) is 18.6. The smallest absolute Gasteiger partial charge is 0.297 e. The number of aromatic nitrogens is 2. The van der Waals surface area contributed by atoms with E-state index in [-0.39, 0.29) is 0 Å². The van der Waals surface area contributed by atoms with Crippen molar-refractivity contribution in [3.05, 3.63) is 94.7 Å². The Morgan fingerprint density at radius 1 is 1.17 bits per heavy atom. The highest BCUT2D eigenvalue weighted by molar-refractivity contribution is 7.10. The minimum Gasteiger partial charge on any atom is -0.320 e. The third kappa shape index (κ3) is 3.79. The van der Waals surface area contributed by atoms with Crippen molar-refractivity contribution in [2.75, 3.05) is 5.32 Å². The van der Waals surface area contributed by atoms with Crippen LogP contribution in [0, 0.1) is 13.5 Å². The largest absolute Gasteiger partial charge is 0.320 e. The van der Waals surface area contributed by atoms with E-state index in [9.17, 15) is 9.59 Å². The van der Waals surface area contributed by atoms with E-state index in [4.69, 9.17) is 6.57 Å². The van der Waals surface area contributed by atoms with Gasteiger partial charge >= 0.3 is 0 Å². The highest BCUT2D eigenvalue weighted by Crippen LogP contribution is 2.23. The first-order valence-corrected chi connectivity index (χ1v) is 9.67. The van der Waals surface area contributed by atoms with Crippen molar-refractivity contribution < 1.29 is 9.59 Å². The number of ketones is 1. The molecule has 3 aromatic heterocycles. The number of pyridine rings is 1. The minimum absolute atomic E-state index is 0.358. The maximum atomic E-state index is 12.8. The summed E-state index contributed by atoms with van der Waals surface area (Å²) in [5.74, 6) is -1.27. The molecule has 0 atom stereocenters. The Morgan fingerprint density at radius 2 is 1.97 bits per heavy atom. The number of anilines is 1. The van der Waals surface area contributed by atoms with Crippen molar-refractivity contribution in [1.29, 1.82) is 0 Å². The predicted octanol–water partition coefficient (Wildman–Crippen LogP) is 4.67. The summed E-state index contributed by atoms with van der Waals surface area (Å²) < 4.78 is 6.02. The molecule has 0 unspecified atom stereocenters. The van der Waals surface area contributed by atoms with E-state index in [0.717, 1.165) is 28.5 Å². The van der Waals surface area contributed by atoms with E-state index in [0.29, 0.717) is 28.2 Å².